The summed E-state index contributed by atoms with van der Waals surface area (Å²) in [5.74, 6) is 1.34. The number of hydrogen-bond donors (Lipinski definition) is 0. The van der Waals surface area contributed by atoms with Crippen molar-refractivity contribution in [3.05, 3.63) is 28.3 Å². The highest BCUT2D eigenvalue weighted by Gasteiger charge is 2.34. The number of hydrogen-bond acceptors (Lipinski definition) is 2. The zero-order valence-corrected chi connectivity index (χ0v) is 14.2. The van der Waals surface area contributed by atoms with Crippen molar-refractivity contribution in [2.24, 2.45) is 0 Å². The Morgan fingerprint density at radius 2 is 1.85 bits per heavy atom. The van der Waals surface area contributed by atoms with Crippen molar-refractivity contribution in [2.75, 3.05) is 6.61 Å². The van der Waals surface area contributed by atoms with E-state index in [2.05, 4.69) is 52.5 Å². The summed E-state index contributed by atoms with van der Waals surface area (Å²) < 4.78 is 6.04. The van der Waals surface area contributed by atoms with E-state index in [9.17, 15) is 0 Å². The van der Waals surface area contributed by atoms with Crippen molar-refractivity contribution in [3.8, 4) is 5.75 Å². The second-order valence-electron chi connectivity index (χ2n) is 6.97. The molecule has 1 heterocycles. The molecule has 112 valence electrons. The average Bonchev–Trinajstić information content (AvgIpc) is 2.46. The zero-order valence-electron chi connectivity index (χ0n) is 13.5. The zero-order chi connectivity index (χ0) is 15.1. The highest BCUT2D eigenvalue weighted by atomic mass is 35.5. The molecule has 2 nitrogen and oxygen atoms in total. The smallest absolute Gasteiger partial charge is 0.142 e. The molecule has 20 heavy (non-hydrogen) atoms. The van der Waals surface area contributed by atoms with E-state index in [1.54, 1.807) is 0 Å². The van der Waals surface area contributed by atoms with Crippen LogP contribution < -0.4 is 4.74 Å². The molecule has 1 aromatic rings. The molecule has 0 fully saturated rings. The van der Waals surface area contributed by atoms with Gasteiger partial charge in [-0.05, 0) is 45.2 Å². The second-order valence-corrected chi connectivity index (χ2v) is 7.38. The van der Waals surface area contributed by atoms with Crippen LogP contribution in [0.15, 0.2) is 12.1 Å². The lowest BCUT2D eigenvalue weighted by atomic mass is 9.98. The summed E-state index contributed by atoms with van der Waals surface area (Å²) in [4.78, 5) is 2.49. The highest BCUT2D eigenvalue weighted by Crippen LogP contribution is 2.38. The molecule has 0 aliphatic carbocycles. The first-order valence-electron chi connectivity index (χ1n) is 7.44. The molecule has 0 unspecified atom stereocenters. The lowest BCUT2D eigenvalue weighted by Gasteiger charge is -2.39. The van der Waals surface area contributed by atoms with Crippen LogP contribution in [0.4, 0.5) is 0 Å². The van der Waals surface area contributed by atoms with E-state index >= 15 is 0 Å². The van der Waals surface area contributed by atoms with Gasteiger partial charge in [0.15, 0.2) is 0 Å². The summed E-state index contributed by atoms with van der Waals surface area (Å²) in [7, 11) is 0. The predicted molar refractivity (Wildman–Crippen MR) is 85.8 cm³/mol. The Morgan fingerprint density at radius 3 is 2.40 bits per heavy atom. The maximum Gasteiger partial charge on any atom is 0.142 e. The first kappa shape index (κ1) is 15.7. The SMILES string of the molecule is CC(C)c1cc(Cl)c2c(c1)CN(C(C)C)C(C)(C)CO2. The summed E-state index contributed by atoms with van der Waals surface area (Å²) in [5, 5.41) is 0.743. The third kappa shape index (κ3) is 2.96. The lowest BCUT2D eigenvalue weighted by molar-refractivity contribution is 0.0480. The third-order valence-corrected chi connectivity index (χ3v) is 4.40. The fraction of sp³-hybridized carbons (Fsp3) is 0.647. The standard InChI is InChI=1S/C17H26ClNO/c1-11(2)13-7-14-9-19(12(3)4)17(5,6)10-20-16(14)15(18)8-13/h7-8,11-12H,9-10H2,1-6H3. The van der Waals surface area contributed by atoms with Crippen molar-refractivity contribution in [1.29, 1.82) is 0 Å². The average molecular weight is 296 g/mol. The van der Waals surface area contributed by atoms with E-state index in [1.165, 1.54) is 11.1 Å². The Balaban J connectivity index is 2.47. The Kier molecular flexibility index (Phi) is 4.36. The molecule has 0 bridgehead atoms. The number of halogens is 1. The summed E-state index contributed by atoms with van der Waals surface area (Å²) in [6.07, 6.45) is 0. The fourth-order valence-corrected chi connectivity index (χ4v) is 3.20. The summed E-state index contributed by atoms with van der Waals surface area (Å²) in [6, 6.07) is 4.77. The van der Waals surface area contributed by atoms with Crippen LogP contribution in [0.3, 0.4) is 0 Å². The number of fused-ring (bicyclic) bond motifs is 1. The van der Waals surface area contributed by atoms with E-state index in [-0.39, 0.29) is 5.54 Å². The second kappa shape index (κ2) is 5.57. The largest absolute Gasteiger partial charge is 0.490 e. The van der Waals surface area contributed by atoms with Crippen LogP contribution in [-0.2, 0) is 6.54 Å². The van der Waals surface area contributed by atoms with Crippen molar-refractivity contribution >= 4 is 11.6 Å². The predicted octanol–water partition coefficient (Wildman–Crippen LogP) is 4.84. The summed E-state index contributed by atoms with van der Waals surface area (Å²) >= 11 is 6.44. The fourth-order valence-electron chi connectivity index (χ4n) is 2.90. The van der Waals surface area contributed by atoms with Gasteiger partial charge in [0.25, 0.3) is 0 Å². The van der Waals surface area contributed by atoms with Gasteiger partial charge in [-0.1, -0.05) is 31.5 Å². The minimum absolute atomic E-state index is 0.00844. The van der Waals surface area contributed by atoms with Gasteiger partial charge in [0.1, 0.15) is 12.4 Å². The number of rotatable bonds is 2. The Labute approximate surface area is 128 Å². The van der Waals surface area contributed by atoms with Crippen LogP contribution in [0.5, 0.6) is 5.75 Å². The number of nitrogens with zero attached hydrogens (tertiary/aromatic N) is 1. The first-order chi connectivity index (χ1) is 9.22. The topological polar surface area (TPSA) is 12.5 Å². The number of benzene rings is 1. The van der Waals surface area contributed by atoms with Gasteiger partial charge < -0.3 is 4.74 Å². The van der Waals surface area contributed by atoms with E-state index in [1.807, 2.05) is 6.07 Å². The summed E-state index contributed by atoms with van der Waals surface area (Å²) in [5.41, 5.74) is 2.50. The van der Waals surface area contributed by atoms with Crippen molar-refractivity contribution in [1.82, 2.24) is 4.90 Å². The normalized spacial score (nSPS) is 18.9. The Hall–Kier alpha value is -0.730. The Bertz CT molecular complexity index is 494. The maximum atomic E-state index is 6.44. The maximum absolute atomic E-state index is 6.44. The minimum Gasteiger partial charge on any atom is -0.490 e. The molecular formula is C17H26ClNO. The molecule has 0 amide bonds. The van der Waals surface area contributed by atoms with E-state index in [0.29, 0.717) is 18.6 Å². The van der Waals surface area contributed by atoms with Gasteiger partial charge >= 0.3 is 0 Å². The molecule has 0 radical (unpaired) electrons. The minimum atomic E-state index is 0.00844. The quantitative estimate of drug-likeness (QED) is 0.774. The molecule has 0 saturated carbocycles. The van der Waals surface area contributed by atoms with Crippen LogP contribution in [0.2, 0.25) is 5.02 Å². The molecule has 1 aromatic carbocycles. The summed E-state index contributed by atoms with van der Waals surface area (Å²) in [6.45, 7) is 14.9. The van der Waals surface area contributed by atoms with Crippen LogP contribution >= 0.6 is 11.6 Å². The highest BCUT2D eigenvalue weighted by molar-refractivity contribution is 6.32. The van der Waals surface area contributed by atoms with Crippen LogP contribution in [-0.4, -0.2) is 23.1 Å². The monoisotopic (exact) mass is 295 g/mol. The van der Waals surface area contributed by atoms with Gasteiger partial charge in [-0.15, -0.1) is 0 Å². The van der Waals surface area contributed by atoms with E-state index in [0.717, 1.165) is 17.3 Å². The molecule has 2 rings (SSSR count). The van der Waals surface area contributed by atoms with Crippen molar-refractivity contribution < 1.29 is 4.74 Å². The molecule has 0 spiro atoms. The molecule has 3 heteroatoms. The molecule has 0 saturated heterocycles. The van der Waals surface area contributed by atoms with Gasteiger partial charge in [0.05, 0.1) is 5.02 Å². The van der Waals surface area contributed by atoms with Crippen LogP contribution in [0.1, 0.15) is 58.6 Å². The van der Waals surface area contributed by atoms with Crippen molar-refractivity contribution in [3.63, 3.8) is 0 Å². The van der Waals surface area contributed by atoms with Gasteiger partial charge in [0.2, 0.25) is 0 Å². The van der Waals surface area contributed by atoms with Gasteiger partial charge in [0, 0.05) is 23.7 Å². The molecule has 0 N–H and O–H groups in total. The van der Waals surface area contributed by atoms with E-state index < -0.39 is 0 Å². The molecule has 1 aliphatic heterocycles. The van der Waals surface area contributed by atoms with Gasteiger partial charge in [-0.2, -0.15) is 0 Å². The van der Waals surface area contributed by atoms with Gasteiger partial charge in [-0.3, -0.25) is 4.90 Å². The molecule has 1 aliphatic rings. The molecular weight excluding hydrogens is 270 g/mol. The van der Waals surface area contributed by atoms with Gasteiger partial charge in [-0.25, -0.2) is 0 Å². The van der Waals surface area contributed by atoms with Crippen LogP contribution in [0.25, 0.3) is 0 Å². The molecule has 0 aromatic heterocycles. The Morgan fingerprint density at radius 1 is 1.20 bits per heavy atom. The van der Waals surface area contributed by atoms with Crippen LogP contribution in [0, 0.1) is 0 Å². The third-order valence-electron chi connectivity index (χ3n) is 4.12. The van der Waals surface area contributed by atoms with Crippen molar-refractivity contribution in [2.45, 2.75) is 65.6 Å². The first-order valence-corrected chi connectivity index (χ1v) is 7.82. The van der Waals surface area contributed by atoms with E-state index in [4.69, 9.17) is 16.3 Å². The lowest BCUT2D eigenvalue weighted by Crippen LogP contribution is -2.49. The number of ether oxygens (including phenoxy) is 1. The molecule has 0 atom stereocenters.